The number of rotatable bonds is 4. The number of benzene rings is 2. The van der Waals surface area contributed by atoms with E-state index in [2.05, 4.69) is 53.1 Å². The van der Waals surface area contributed by atoms with Gasteiger partial charge >= 0.3 is 0 Å². The lowest BCUT2D eigenvalue weighted by molar-refractivity contribution is 0.102. The maximum Gasteiger partial charge on any atom is 0.256 e. The van der Waals surface area contributed by atoms with Gasteiger partial charge in [-0.3, -0.25) is 4.79 Å². The summed E-state index contributed by atoms with van der Waals surface area (Å²) in [5, 5.41) is 2.93. The van der Waals surface area contributed by atoms with Crippen LogP contribution in [0.3, 0.4) is 0 Å². The summed E-state index contributed by atoms with van der Waals surface area (Å²) in [7, 11) is 0. The zero-order valence-corrected chi connectivity index (χ0v) is 15.8. The Hall–Kier alpha value is -0.690. The number of carbonyl (C=O) groups is 1. The number of halogens is 3. The van der Waals surface area contributed by atoms with Gasteiger partial charge in [-0.05, 0) is 68.6 Å². The number of amides is 1. The minimum Gasteiger partial charge on any atom is -0.330 e. The van der Waals surface area contributed by atoms with E-state index in [-0.39, 0.29) is 5.91 Å². The van der Waals surface area contributed by atoms with Crippen molar-refractivity contribution in [1.29, 1.82) is 0 Å². The van der Waals surface area contributed by atoms with Gasteiger partial charge in [0, 0.05) is 19.0 Å². The van der Waals surface area contributed by atoms with Crippen LogP contribution in [0, 0.1) is 0 Å². The van der Waals surface area contributed by atoms with Crippen molar-refractivity contribution in [2.75, 3.05) is 11.9 Å². The number of hydrogen-bond acceptors (Lipinski definition) is 2. The molecule has 0 saturated heterocycles. The molecule has 0 unspecified atom stereocenters. The standard InChI is InChI=1S/C15H13Br3N2O/c16-10-7-12(17)14(13(18)8-10)20-15(21)11-4-2-1-3-9(11)5-6-19/h1-4,7-8H,5-6,19H2,(H,20,21). The van der Waals surface area contributed by atoms with Crippen LogP contribution in [0.15, 0.2) is 49.8 Å². The second kappa shape index (κ2) is 7.54. The minimum atomic E-state index is -0.150. The third-order valence-corrected chi connectivity index (χ3v) is 4.63. The van der Waals surface area contributed by atoms with E-state index in [4.69, 9.17) is 5.73 Å². The van der Waals surface area contributed by atoms with E-state index in [1.165, 1.54) is 0 Å². The average Bonchev–Trinajstić information content (AvgIpc) is 2.43. The molecule has 0 aliphatic heterocycles. The van der Waals surface area contributed by atoms with Crippen LogP contribution >= 0.6 is 47.8 Å². The highest BCUT2D eigenvalue weighted by atomic mass is 79.9. The first-order chi connectivity index (χ1) is 10.0. The molecule has 3 nitrogen and oxygen atoms in total. The molecule has 21 heavy (non-hydrogen) atoms. The third kappa shape index (κ3) is 4.16. The lowest BCUT2D eigenvalue weighted by Crippen LogP contribution is -2.16. The van der Waals surface area contributed by atoms with Gasteiger partial charge in [0.15, 0.2) is 0 Å². The summed E-state index contributed by atoms with van der Waals surface area (Å²) in [6.45, 7) is 0.510. The molecular formula is C15H13Br3N2O. The highest BCUT2D eigenvalue weighted by molar-refractivity contribution is 9.11. The van der Waals surface area contributed by atoms with Gasteiger partial charge in [0.2, 0.25) is 0 Å². The van der Waals surface area contributed by atoms with Crippen LogP contribution in [0.25, 0.3) is 0 Å². The van der Waals surface area contributed by atoms with E-state index in [1.807, 2.05) is 30.3 Å². The van der Waals surface area contributed by atoms with Crippen LogP contribution in [-0.4, -0.2) is 12.5 Å². The fraction of sp³-hybridized carbons (Fsp3) is 0.133. The summed E-state index contributed by atoms with van der Waals surface area (Å²) >= 11 is 10.3. The molecule has 0 aliphatic carbocycles. The molecule has 0 radical (unpaired) electrons. The molecule has 0 bridgehead atoms. The second-order valence-corrected chi connectivity index (χ2v) is 7.02. The van der Waals surface area contributed by atoms with Crippen molar-refractivity contribution in [3.05, 3.63) is 60.9 Å². The van der Waals surface area contributed by atoms with Crippen LogP contribution in [0.5, 0.6) is 0 Å². The predicted octanol–water partition coefficient (Wildman–Crippen LogP) is 4.73. The Morgan fingerprint density at radius 1 is 1.10 bits per heavy atom. The first-order valence-corrected chi connectivity index (χ1v) is 8.64. The molecule has 3 N–H and O–H groups in total. The number of nitrogens with one attached hydrogen (secondary N) is 1. The lowest BCUT2D eigenvalue weighted by atomic mass is 10.0. The zero-order chi connectivity index (χ0) is 15.4. The average molecular weight is 477 g/mol. The number of anilines is 1. The van der Waals surface area contributed by atoms with Crippen molar-refractivity contribution in [1.82, 2.24) is 0 Å². The topological polar surface area (TPSA) is 55.1 Å². The molecule has 0 fully saturated rings. The van der Waals surface area contributed by atoms with Gasteiger partial charge in [-0.1, -0.05) is 34.1 Å². The number of hydrogen-bond donors (Lipinski definition) is 2. The molecule has 0 aromatic heterocycles. The third-order valence-electron chi connectivity index (χ3n) is 2.92. The van der Waals surface area contributed by atoms with E-state index in [0.717, 1.165) is 19.0 Å². The summed E-state index contributed by atoms with van der Waals surface area (Å²) < 4.78 is 2.52. The lowest BCUT2D eigenvalue weighted by Gasteiger charge is -2.12. The molecule has 2 aromatic rings. The predicted molar refractivity (Wildman–Crippen MR) is 96.7 cm³/mol. The quantitative estimate of drug-likeness (QED) is 0.670. The molecule has 1 amide bonds. The number of carbonyl (C=O) groups excluding carboxylic acids is 1. The minimum absolute atomic E-state index is 0.150. The van der Waals surface area contributed by atoms with Gasteiger partial charge in [-0.15, -0.1) is 0 Å². The zero-order valence-electron chi connectivity index (χ0n) is 11.0. The summed E-state index contributed by atoms with van der Waals surface area (Å²) in [5.74, 6) is -0.150. The fourth-order valence-corrected chi connectivity index (χ4v) is 4.41. The van der Waals surface area contributed by atoms with Crippen LogP contribution in [-0.2, 0) is 6.42 Å². The Morgan fingerprint density at radius 2 is 1.71 bits per heavy atom. The molecule has 2 aromatic carbocycles. The van der Waals surface area contributed by atoms with E-state index in [0.29, 0.717) is 24.2 Å². The smallest absolute Gasteiger partial charge is 0.256 e. The first-order valence-electron chi connectivity index (χ1n) is 6.26. The van der Waals surface area contributed by atoms with Crippen LogP contribution < -0.4 is 11.1 Å². The highest BCUT2D eigenvalue weighted by Crippen LogP contribution is 2.34. The monoisotopic (exact) mass is 474 g/mol. The molecule has 0 atom stereocenters. The molecular weight excluding hydrogens is 464 g/mol. The van der Waals surface area contributed by atoms with Crippen LogP contribution in [0.4, 0.5) is 5.69 Å². The normalized spacial score (nSPS) is 10.5. The molecule has 2 rings (SSSR count). The summed E-state index contributed by atoms with van der Waals surface area (Å²) in [5.41, 5.74) is 7.88. The van der Waals surface area contributed by atoms with Gasteiger partial charge in [0.25, 0.3) is 5.91 Å². The Balaban J connectivity index is 2.31. The Labute approximate surface area is 148 Å². The Morgan fingerprint density at radius 3 is 2.33 bits per heavy atom. The van der Waals surface area contributed by atoms with Gasteiger partial charge in [-0.2, -0.15) is 0 Å². The number of nitrogens with two attached hydrogens (primary N) is 1. The van der Waals surface area contributed by atoms with Crippen molar-refractivity contribution in [2.45, 2.75) is 6.42 Å². The Bertz CT molecular complexity index is 651. The van der Waals surface area contributed by atoms with E-state index in [9.17, 15) is 4.79 Å². The SMILES string of the molecule is NCCc1ccccc1C(=O)Nc1c(Br)cc(Br)cc1Br. The van der Waals surface area contributed by atoms with Crippen molar-refractivity contribution in [3.8, 4) is 0 Å². The van der Waals surface area contributed by atoms with Crippen molar-refractivity contribution in [2.24, 2.45) is 5.73 Å². The largest absolute Gasteiger partial charge is 0.330 e. The Kier molecular flexibility index (Phi) is 5.98. The van der Waals surface area contributed by atoms with Crippen LogP contribution in [0.2, 0.25) is 0 Å². The second-order valence-electron chi connectivity index (χ2n) is 4.39. The summed E-state index contributed by atoms with van der Waals surface area (Å²) in [6, 6.07) is 11.3. The molecule has 0 spiro atoms. The molecule has 0 saturated carbocycles. The maximum atomic E-state index is 12.5. The van der Waals surface area contributed by atoms with Gasteiger partial charge < -0.3 is 11.1 Å². The van der Waals surface area contributed by atoms with Crippen molar-refractivity contribution >= 4 is 59.4 Å². The van der Waals surface area contributed by atoms with Gasteiger partial charge in [0.05, 0.1) is 5.69 Å². The van der Waals surface area contributed by atoms with Crippen LogP contribution in [0.1, 0.15) is 15.9 Å². The van der Waals surface area contributed by atoms with E-state index in [1.54, 1.807) is 6.07 Å². The van der Waals surface area contributed by atoms with Crippen molar-refractivity contribution < 1.29 is 4.79 Å². The molecule has 110 valence electrons. The summed E-state index contributed by atoms with van der Waals surface area (Å²) in [6.07, 6.45) is 0.673. The molecule has 6 heteroatoms. The van der Waals surface area contributed by atoms with E-state index < -0.39 is 0 Å². The van der Waals surface area contributed by atoms with Crippen molar-refractivity contribution in [3.63, 3.8) is 0 Å². The van der Waals surface area contributed by atoms with Gasteiger partial charge in [-0.25, -0.2) is 0 Å². The van der Waals surface area contributed by atoms with Gasteiger partial charge in [0.1, 0.15) is 0 Å². The fourth-order valence-electron chi connectivity index (χ4n) is 1.96. The van der Waals surface area contributed by atoms with E-state index >= 15 is 0 Å². The summed E-state index contributed by atoms with van der Waals surface area (Å²) in [4.78, 5) is 12.5. The molecule has 0 aliphatic rings. The molecule has 0 heterocycles. The maximum absolute atomic E-state index is 12.5. The first kappa shape index (κ1) is 16.7. The highest BCUT2D eigenvalue weighted by Gasteiger charge is 2.14.